The van der Waals surface area contributed by atoms with E-state index in [2.05, 4.69) is 0 Å². The van der Waals surface area contributed by atoms with Crippen molar-refractivity contribution in [3.63, 3.8) is 0 Å². The molecule has 1 aromatic rings. The van der Waals surface area contributed by atoms with E-state index in [1.807, 2.05) is 31.2 Å². The second kappa shape index (κ2) is 7.39. The van der Waals surface area contributed by atoms with Crippen LogP contribution in [0.5, 0.6) is 5.75 Å². The van der Waals surface area contributed by atoms with E-state index in [9.17, 15) is 4.79 Å². The molecule has 0 atom stereocenters. The number of carbonyl (C=O) groups excluding carboxylic acids is 1. The minimum absolute atomic E-state index is 0.204. The van der Waals surface area contributed by atoms with Crippen LogP contribution in [0.15, 0.2) is 24.3 Å². The first kappa shape index (κ1) is 15.0. The molecular formula is C15H20ClNO3. The Hall–Kier alpha value is -1.42. The van der Waals surface area contributed by atoms with Crippen molar-refractivity contribution in [3.8, 4) is 5.75 Å². The van der Waals surface area contributed by atoms with E-state index in [0.717, 1.165) is 31.7 Å². The smallest absolute Gasteiger partial charge is 0.409 e. The predicted octanol–water partition coefficient (Wildman–Crippen LogP) is 3.59. The summed E-state index contributed by atoms with van der Waals surface area (Å²) in [6.07, 6.45) is 1.70. The van der Waals surface area contributed by atoms with E-state index >= 15 is 0 Å². The van der Waals surface area contributed by atoms with Gasteiger partial charge in [0.05, 0.1) is 13.2 Å². The van der Waals surface area contributed by atoms with Crippen LogP contribution in [0.2, 0.25) is 5.02 Å². The lowest BCUT2D eigenvalue weighted by Crippen LogP contribution is -2.40. The monoisotopic (exact) mass is 297 g/mol. The summed E-state index contributed by atoms with van der Waals surface area (Å²) in [7, 11) is 0. The molecule has 0 N–H and O–H groups in total. The third-order valence-corrected chi connectivity index (χ3v) is 3.69. The fourth-order valence-corrected chi connectivity index (χ4v) is 2.37. The van der Waals surface area contributed by atoms with Crippen LogP contribution < -0.4 is 4.74 Å². The van der Waals surface area contributed by atoms with Gasteiger partial charge in [0.15, 0.2) is 0 Å². The molecule has 1 amide bonds. The quantitative estimate of drug-likeness (QED) is 0.852. The molecule has 0 saturated carbocycles. The highest BCUT2D eigenvalue weighted by molar-refractivity contribution is 6.30. The number of carbonyl (C=O) groups is 1. The summed E-state index contributed by atoms with van der Waals surface area (Å²) >= 11 is 5.83. The van der Waals surface area contributed by atoms with Crippen LogP contribution in [-0.2, 0) is 4.74 Å². The zero-order valence-corrected chi connectivity index (χ0v) is 12.4. The molecule has 1 heterocycles. The number of hydrogen-bond donors (Lipinski definition) is 0. The van der Waals surface area contributed by atoms with Gasteiger partial charge in [-0.05, 0) is 49.9 Å². The minimum atomic E-state index is -0.204. The number of benzene rings is 1. The van der Waals surface area contributed by atoms with E-state index < -0.39 is 0 Å². The lowest BCUT2D eigenvalue weighted by atomic mass is 9.98. The molecule has 0 aromatic heterocycles. The highest BCUT2D eigenvalue weighted by Gasteiger charge is 2.23. The van der Waals surface area contributed by atoms with Crippen LogP contribution in [0, 0.1) is 5.92 Å². The summed E-state index contributed by atoms with van der Waals surface area (Å²) in [4.78, 5) is 13.3. The van der Waals surface area contributed by atoms with E-state index in [1.165, 1.54) is 0 Å². The van der Waals surface area contributed by atoms with Crippen molar-refractivity contribution in [1.29, 1.82) is 0 Å². The third-order valence-electron chi connectivity index (χ3n) is 3.44. The van der Waals surface area contributed by atoms with Gasteiger partial charge in [0.25, 0.3) is 0 Å². The number of nitrogens with zero attached hydrogens (tertiary/aromatic N) is 1. The maximum absolute atomic E-state index is 11.6. The summed E-state index contributed by atoms with van der Waals surface area (Å²) in [5.74, 6) is 1.32. The Morgan fingerprint density at radius 3 is 2.55 bits per heavy atom. The molecule has 1 aromatic carbocycles. The van der Waals surface area contributed by atoms with Crippen LogP contribution in [-0.4, -0.2) is 37.3 Å². The maximum atomic E-state index is 11.6. The Balaban J connectivity index is 1.72. The zero-order chi connectivity index (χ0) is 14.4. The van der Waals surface area contributed by atoms with Crippen molar-refractivity contribution in [2.75, 3.05) is 26.3 Å². The summed E-state index contributed by atoms with van der Waals surface area (Å²) in [5, 5.41) is 0.708. The average molecular weight is 298 g/mol. The molecule has 5 heteroatoms. The molecular weight excluding hydrogens is 278 g/mol. The number of likely N-dealkylation sites (tertiary alicyclic amines) is 1. The minimum Gasteiger partial charge on any atom is -0.493 e. The second-order valence-electron chi connectivity index (χ2n) is 4.89. The molecule has 4 nitrogen and oxygen atoms in total. The predicted molar refractivity (Wildman–Crippen MR) is 78.3 cm³/mol. The van der Waals surface area contributed by atoms with Gasteiger partial charge >= 0.3 is 6.09 Å². The Kier molecular flexibility index (Phi) is 5.53. The van der Waals surface area contributed by atoms with E-state index in [4.69, 9.17) is 21.1 Å². The third kappa shape index (κ3) is 4.30. The molecule has 0 unspecified atom stereocenters. The van der Waals surface area contributed by atoms with Crippen LogP contribution in [0.1, 0.15) is 19.8 Å². The number of hydrogen-bond acceptors (Lipinski definition) is 3. The highest BCUT2D eigenvalue weighted by Crippen LogP contribution is 2.21. The number of rotatable bonds is 4. The standard InChI is InChI=1S/C15H20ClNO3/c1-2-19-15(18)17-9-7-12(8-10-17)11-20-14-5-3-13(16)4-6-14/h3-6,12H,2,7-11H2,1H3. The van der Waals surface area contributed by atoms with Crippen molar-refractivity contribution >= 4 is 17.7 Å². The first-order valence-corrected chi connectivity index (χ1v) is 7.37. The van der Waals surface area contributed by atoms with Gasteiger partial charge in [0.1, 0.15) is 5.75 Å². The average Bonchev–Trinajstić information content (AvgIpc) is 2.47. The molecule has 0 radical (unpaired) electrons. The Bertz CT molecular complexity index is 427. The van der Waals surface area contributed by atoms with Gasteiger partial charge in [0.2, 0.25) is 0 Å². The molecule has 0 spiro atoms. The number of halogens is 1. The molecule has 2 rings (SSSR count). The molecule has 1 aliphatic rings. The first-order chi connectivity index (χ1) is 9.69. The van der Waals surface area contributed by atoms with Gasteiger partial charge in [-0.2, -0.15) is 0 Å². The second-order valence-corrected chi connectivity index (χ2v) is 5.33. The van der Waals surface area contributed by atoms with Crippen molar-refractivity contribution in [2.24, 2.45) is 5.92 Å². The van der Waals surface area contributed by atoms with Gasteiger partial charge in [-0.25, -0.2) is 4.79 Å². The molecule has 1 saturated heterocycles. The van der Waals surface area contributed by atoms with Gasteiger partial charge in [0, 0.05) is 18.1 Å². The van der Waals surface area contributed by atoms with Crippen molar-refractivity contribution < 1.29 is 14.3 Å². The molecule has 110 valence electrons. The lowest BCUT2D eigenvalue weighted by Gasteiger charge is -2.31. The molecule has 0 bridgehead atoms. The van der Waals surface area contributed by atoms with E-state index in [0.29, 0.717) is 24.2 Å². The highest BCUT2D eigenvalue weighted by atomic mass is 35.5. The molecule has 20 heavy (non-hydrogen) atoms. The fourth-order valence-electron chi connectivity index (χ4n) is 2.24. The van der Waals surface area contributed by atoms with E-state index in [1.54, 1.807) is 4.90 Å². The number of amides is 1. The van der Waals surface area contributed by atoms with Gasteiger partial charge in [-0.1, -0.05) is 11.6 Å². The summed E-state index contributed by atoms with van der Waals surface area (Å²) in [6.45, 7) is 4.42. The molecule has 1 fully saturated rings. The van der Waals surface area contributed by atoms with Gasteiger partial charge in [-0.3, -0.25) is 0 Å². The summed E-state index contributed by atoms with van der Waals surface area (Å²) in [5.41, 5.74) is 0. The lowest BCUT2D eigenvalue weighted by molar-refractivity contribution is 0.0845. The number of ether oxygens (including phenoxy) is 2. The molecule has 0 aliphatic carbocycles. The first-order valence-electron chi connectivity index (χ1n) is 6.99. The summed E-state index contributed by atoms with van der Waals surface area (Å²) < 4.78 is 10.8. The van der Waals surface area contributed by atoms with Crippen LogP contribution in [0.4, 0.5) is 4.79 Å². The normalized spacial score (nSPS) is 16.0. The zero-order valence-electron chi connectivity index (χ0n) is 11.7. The van der Waals surface area contributed by atoms with Crippen molar-refractivity contribution in [3.05, 3.63) is 29.3 Å². The SMILES string of the molecule is CCOC(=O)N1CCC(COc2ccc(Cl)cc2)CC1. The number of piperidine rings is 1. The Morgan fingerprint density at radius 1 is 1.30 bits per heavy atom. The topological polar surface area (TPSA) is 38.8 Å². The molecule has 1 aliphatic heterocycles. The largest absolute Gasteiger partial charge is 0.493 e. The van der Waals surface area contributed by atoms with Crippen LogP contribution in [0.3, 0.4) is 0 Å². The van der Waals surface area contributed by atoms with Gasteiger partial charge in [-0.15, -0.1) is 0 Å². The summed E-state index contributed by atoms with van der Waals surface area (Å²) in [6, 6.07) is 7.38. The van der Waals surface area contributed by atoms with Gasteiger partial charge < -0.3 is 14.4 Å². The Labute approximate surface area is 124 Å². The maximum Gasteiger partial charge on any atom is 0.409 e. The van der Waals surface area contributed by atoms with E-state index in [-0.39, 0.29) is 6.09 Å². The van der Waals surface area contributed by atoms with Crippen molar-refractivity contribution in [2.45, 2.75) is 19.8 Å². The Morgan fingerprint density at radius 2 is 1.95 bits per heavy atom. The fraction of sp³-hybridized carbons (Fsp3) is 0.533. The van der Waals surface area contributed by atoms with Crippen LogP contribution >= 0.6 is 11.6 Å². The van der Waals surface area contributed by atoms with Crippen LogP contribution in [0.25, 0.3) is 0 Å². The van der Waals surface area contributed by atoms with Crippen molar-refractivity contribution in [1.82, 2.24) is 4.90 Å².